The highest BCUT2D eigenvalue weighted by molar-refractivity contribution is 14.0. The molecular weight excluding hydrogens is 455 g/mol. The Morgan fingerprint density at radius 2 is 1.85 bits per heavy atom. The Kier molecular flexibility index (Phi) is 12.2. The van der Waals surface area contributed by atoms with Crippen molar-refractivity contribution in [1.29, 1.82) is 0 Å². The highest BCUT2D eigenvalue weighted by Gasteiger charge is 2.00. The van der Waals surface area contributed by atoms with E-state index in [2.05, 4.69) is 44.9 Å². The standard InChI is InChI=1S/C20H28N4O2.HI/c1-21-20(22-12-6-9-17-7-4-3-5-8-17)24-16-18-10-11-19(23-15-18)26-14-13-25-2;/h3-5,7-8,10-11,15H,6,9,12-14,16H2,1-2H3,(H2,21,22,24);1H. The number of nitrogens with zero attached hydrogens (tertiary/aromatic N) is 2. The van der Waals surface area contributed by atoms with Gasteiger partial charge in [-0.15, -0.1) is 24.0 Å². The van der Waals surface area contributed by atoms with Crippen LogP contribution in [-0.4, -0.2) is 44.9 Å². The first-order chi connectivity index (χ1) is 12.8. The third-order valence-corrected chi connectivity index (χ3v) is 3.80. The highest BCUT2D eigenvalue weighted by atomic mass is 127. The molecule has 0 aliphatic carbocycles. The van der Waals surface area contributed by atoms with E-state index in [9.17, 15) is 0 Å². The summed E-state index contributed by atoms with van der Waals surface area (Å²) >= 11 is 0. The van der Waals surface area contributed by atoms with E-state index < -0.39 is 0 Å². The van der Waals surface area contributed by atoms with Gasteiger partial charge in [-0.3, -0.25) is 4.99 Å². The van der Waals surface area contributed by atoms with Gasteiger partial charge in [-0.25, -0.2) is 4.98 Å². The summed E-state index contributed by atoms with van der Waals surface area (Å²) in [5.41, 5.74) is 2.42. The van der Waals surface area contributed by atoms with Gasteiger partial charge in [0.2, 0.25) is 5.88 Å². The summed E-state index contributed by atoms with van der Waals surface area (Å²) in [6.45, 7) is 2.58. The monoisotopic (exact) mass is 484 g/mol. The molecule has 0 bridgehead atoms. The number of nitrogens with one attached hydrogen (secondary N) is 2. The van der Waals surface area contributed by atoms with Crippen molar-refractivity contribution >= 4 is 29.9 Å². The fourth-order valence-corrected chi connectivity index (χ4v) is 2.38. The second-order valence-corrected chi connectivity index (χ2v) is 5.79. The van der Waals surface area contributed by atoms with Gasteiger partial charge >= 0.3 is 0 Å². The van der Waals surface area contributed by atoms with Gasteiger partial charge in [-0.05, 0) is 24.0 Å². The van der Waals surface area contributed by atoms with E-state index in [1.54, 1.807) is 20.4 Å². The van der Waals surface area contributed by atoms with Gasteiger partial charge in [-0.1, -0.05) is 36.4 Å². The lowest BCUT2D eigenvalue weighted by Crippen LogP contribution is -2.37. The molecule has 6 nitrogen and oxygen atoms in total. The average molecular weight is 484 g/mol. The number of rotatable bonds is 10. The molecule has 2 N–H and O–H groups in total. The molecular formula is C20H29IN4O2. The minimum Gasteiger partial charge on any atom is -0.475 e. The summed E-state index contributed by atoms with van der Waals surface area (Å²) in [7, 11) is 3.42. The van der Waals surface area contributed by atoms with Gasteiger partial charge in [0.05, 0.1) is 6.61 Å². The Morgan fingerprint density at radius 1 is 1.04 bits per heavy atom. The molecule has 1 aromatic carbocycles. The van der Waals surface area contributed by atoms with E-state index in [0.29, 0.717) is 25.6 Å². The van der Waals surface area contributed by atoms with Crippen molar-refractivity contribution in [3.05, 3.63) is 59.8 Å². The molecule has 0 aliphatic heterocycles. The first-order valence-corrected chi connectivity index (χ1v) is 8.87. The van der Waals surface area contributed by atoms with Crippen LogP contribution in [0.2, 0.25) is 0 Å². The predicted molar refractivity (Wildman–Crippen MR) is 120 cm³/mol. The Bertz CT molecular complexity index is 651. The zero-order valence-electron chi connectivity index (χ0n) is 16.0. The molecule has 27 heavy (non-hydrogen) atoms. The number of aromatic nitrogens is 1. The largest absolute Gasteiger partial charge is 0.475 e. The van der Waals surface area contributed by atoms with Crippen LogP contribution in [0.25, 0.3) is 0 Å². The lowest BCUT2D eigenvalue weighted by Gasteiger charge is -2.12. The van der Waals surface area contributed by atoms with E-state index in [4.69, 9.17) is 9.47 Å². The molecule has 0 aliphatic rings. The zero-order valence-corrected chi connectivity index (χ0v) is 18.3. The smallest absolute Gasteiger partial charge is 0.213 e. The second kappa shape index (κ2) is 14.2. The molecule has 148 valence electrons. The van der Waals surface area contributed by atoms with Crippen LogP contribution in [0, 0.1) is 0 Å². The summed E-state index contributed by atoms with van der Waals surface area (Å²) in [5, 5.41) is 6.63. The van der Waals surface area contributed by atoms with Crippen LogP contribution in [0.3, 0.4) is 0 Å². The Morgan fingerprint density at radius 3 is 2.52 bits per heavy atom. The maximum Gasteiger partial charge on any atom is 0.213 e. The number of hydrogen-bond donors (Lipinski definition) is 2. The molecule has 0 atom stereocenters. The number of aryl methyl sites for hydroxylation is 1. The first-order valence-electron chi connectivity index (χ1n) is 8.87. The van der Waals surface area contributed by atoms with Crippen LogP contribution >= 0.6 is 24.0 Å². The molecule has 0 saturated carbocycles. The van der Waals surface area contributed by atoms with E-state index in [-0.39, 0.29) is 24.0 Å². The van der Waals surface area contributed by atoms with Crippen molar-refractivity contribution in [2.24, 2.45) is 4.99 Å². The fourth-order valence-electron chi connectivity index (χ4n) is 2.38. The van der Waals surface area contributed by atoms with E-state index in [1.807, 2.05) is 18.2 Å². The van der Waals surface area contributed by atoms with Crippen molar-refractivity contribution in [2.75, 3.05) is 33.9 Å². The number of aliphatic imine (C=N–C) groups is 1. The van der Waals surface area contributed by atoms with Crippen molar-refractivity contribution in [1.82, 2.24) is 15.6 Å². The zero-order chi connectivity index (χ0) is 18.5. The maximum absolute atomic E-state index is 5.46. The minimum atomic E-state index is 0. The lowest BCUT2D eigenvalue weighted by atomic mass is 10.1. The fraction of sp³-hybridized carbons (Fsp3) is 0.400. The van der Waals surface area contributed by atoms with Gasteiger partial charge in [0.15, 0.2) is 5.96 Å². The number of methoxy groups -OCH3 is 1. The third-order valence-electron chi connectivity index (χ3n) is 3.80. The van der Waals surface area contributed by atoms with Crippen molar-refractivity contribution in [2.45, 2.75) is 19.4 Å². The van der Waals surface area contributed by atoms with E-state index in [0.717, 1.165) is 30.9 Å². The van der Waals surface area contributed by atoms with Gasteiger partial charge in [-0.2, -0.15) is 0 Å². The van der Waals surface area contributed by atoms with Crippen molar-refractivity contribution in [3.63, 3.8) is 0 Å². The van der Waals surface area contributed by atoms with Crippen LogP contribution in [-0.2, 0) is 17.7 Å². The first kappa shape index (κ1) is 23.2. The lowest BCUT2D eigenvalue weighted by molar-refractivity contribution is 0.143. The quantitative estimate of drug-likeness (QED) is 0.235. The van der Waals surface area contributed by atoms with Crippen LogP contribution < -0.4 is 15.4 Å². The molecule has 0 spiro atoms. The Balaban J connectivity index is 0.00000364. The van der Waals surface area contributed by atoms with Crippen LogP contribution in [0.15, 0.2) is 53.7 Å². The number of ether oxygens (including phenoxy) is 2. The molecule has 7 heteroatoms. The number of halogens is 1. The Hall–Kier alpha value is -1.87. The Labute approximate surface area is 178 Å². The number of pyridine rings is 1. The van der Waals surface area contributed by atoms with Gasteiger partial charge < -0.3 is 20.1 Å². The summed E-state index contributed by atoms with van der Waals surface area (Å²) in [4.78, 5) is 8.54. The van der Waals surface area contributed by atoms with Gasteiger partial charge in [0.25, 0.3) is 0 Å². The predicted octanol–water partition coefficient (Wildman–Crippen LogP) is 3.02. The van der Waals surface area contributed by atoms with Crippen LogP contribution in [0.4, 0.5) is 0 Å². The summed E-state index contributed by atoms with van der Waals surface area (Å²) < 4.78 is 10.4. The summed E-state index contributed by atoms with van der Waals surface area (Å²) in [5.74, 6) is 1.40. The average Bonchev–Trinajstić information content (AvgIpc) is 2.69. The topological polar surface area (TPSA) is 67.8 Å². The molecule has 0 unspecified atom stereocenters. The normalized spacial score (nSPS) is 10.8. The van der Waals surface area contributed by atoms with E-state index in [1.165, 1.54) is 5.56 Å². The third kappa shape index (κ3) is 9.58. The molecule has 1 aromatic heterocycles. The molecule has 2 aromatic rings. The van der Waals surface area contributed by atoms with Crippen LogP contribution in [0.5, 0.6) is 5.88 Å². The summed E-state index contributed by atoms with van der Waals surface area (Å²) in [6.07, 6.45) is 3.91. The van der Waals surface area contributed by atoms with Gasteiger partial charge in [0.1, 0.15) is 6.61 Å². The number of guanidine groups is 1. The molecule has 0 fully saturated rings. The molecule has 0 radical (unpaired) electrons. The molecule has 1 heterocycles. The number of benzene rings is 1. The molecule has 2 rings (SSSR count). The second-order valence-electron chi connectivity index (χ2n) is 5.79. The molecule has 0 saturated heterocycles. The van der Waals surface area contributed by atoms with E-state index >= 15 is 0 Å². The SMILES string of the molecule is CN=C(NCCCc1ccccc1)NCc1ccc(OCCOC)nc1.I. The minimum absolute atomic E-state index is 0. The summed E-state index contributed by atoms with van der Waals surface area (Å²) in [6, 6.07) is 14.4. The number of hydrogen-bond acceptors (Lipinski definition) is 4. The van der Waals surface area contributed by atoms with Crippen molar-refractivity contribution in [3.8, 4) is 5.88 Å². The van der Waals surface area contributed by atoms with Crippen LogP contribution in [0.1, 0.15) is 17.5 Å². The maximum atomic E-state index is 5.46. The molecule has 0 amide bonds. The highest BCUT2D eigenvalue weighted by Crippen LogP contribution is 2.07. The van der Waals surface area contributed by atoms with Crippen molar-refractivity contribution < 1.29 is 9.47 Å². The van der Waals surface area contributed by atoms with Gasteiger partial charge in [0, 0.05) is 39.5 Å².